The SMILES string of the molecule is CC.CC.CO.C[C@@H]1C23CC[C@H](O)C(C)(C)C2CC[C@H]2C4C[C@@H](O)[C@H](CCC[C@@H]5OC(=O)OC5(C)C)S4(C)CC[C@]123. The lowest BCUT2D eigenvalue weighted by Gasteiger charge is -2.60. The van der Waals surface area contributed by atoms with E-state index in [-0.39, 0.29) is 23.7 Å². The van der Waals surface area contributed by atoms with Gasteiger partial charge in [-0.25, -0.2) is 14.8 Å². The van der Waals surface area contributed by atoms with E-state index in [0.717, 1.165) is 51.0 Å². The van der Waals surface area contributed by atoms with E-state index in [1.807, 2.05) is 41.5 Å². The molecule has 6 fully saturated rings. The molecule has 3 aliphatic heterocycles. The van der Waals surface area contributed by atoms with E-state index in [2.05, 4.69) is 27.0 Å². The number of hydrogen-bond donors (Lipinski definition) is 3. The Bertz CT molecular complexity index is 908. The van der Waals surface area contributed by atoms with Crippen LogP contribution < -0.4 is 0 Å². The molecule has 3 N–H and O–H groups in total. The summed E-state index contributed by atoms with van der Waals surface area (Å²) in [5.74, 6) is 3.48. The lowest BCUT2D eigenvalue weighted by Crippen LogP contribution is -2.54. The fraction of sp³-hybridized carbons (Fsp3) is 0.971. The molecule has 2 spiro atoms. The van der Waals surface area contributed by atoms with Gasteiger partial charge in [-0.3, -0.25) is 0 Å². The molecule has 4 unspecified atom stereocenters. The van der Waals surface area contributed by atoms with Crippen molar-refractivity contribution in [1.82, 2.24) is 0 Å². The van der Waals surface area contributed by atoms with Gasteiger partial charge in [-0.05, 0) is 123 Å². The molecule has 0 radical (unpaired) electrons. The number of aliphatic hydroxyl groups excluding tert-OH is 3. The minimum atomic E-state index is -0.895. The average molecular weight is 601 g/mol. The van der Waals surface area contributed by atoms with Crippen LogP contribution in [0.3, 0.4) is 0 Å². The number of carbonyl (C=O) groups excluding carboxylic acids is 1. The van der Waals surface area contributed by atoms with E-state index in [4.69, 9.17) is 14.6 Å². The second-order valence-corrected chi connectivity index (χ2v) is 18.5. The van der Waals surface area contributed by atoms with E-state index >= 15 is 0 Å². The molecule has 0 aromatic rings. The number of carbonyl (C=O) groups is 1. The van der Waals surface area contributed by atoms with Gasteiger partial charge in [0.2, 0.25) is 0 Å². The Morgan fingerprint density at radius 1 is 0.927 bits per heavy atom. The van der Waals surface area contributed by atoms with Gasteiger partial charge in [0.15, 0.2) is 0 Å². The first-order valence-corrected chi connectivity index (χ1v) is 19.1. The van der Waals surface area contributed by atoms with Gasteiger partial charge in [-0.2, -0.15) is 0 Å². The molecular weight excluding hydrogens is 536 g/mol. The largest absolute Gasteiger partial charge is 0.509 e. The maximum atomic E-state index is 11.6. The zero-order valence-corrected chi connectivity index (χ0v) is 29.0. The summed E-state index contributed by atoms with van der Waals surface area (Å²) in [6.45, 7) is 19.1. The summed E-state index contributed by atoms with van der Waals surface area (Å²) in [4.78, 5) is 11.6. The third-order valence-corrected chi connectivity index (χ3v) is 17.9. The molecule has 6 nitrogen and oxygen atoms in total. The molecule has 0 aromatic heterocycles. The van der Waals surface area contributed by atoms with Gasteiger partial charge in [0.25, 0.3) is 0 Å². The average Bonchev–Trinajstić information content (AvgIpc) is 3.19. The quantitative estimate of drug-likeness (QED) is 0.293. The molecular formula is C34H64O6S. The number of ether oxygens (including phenoxy) is 2. The fourth-order valence-electron chi connectivity index (χ4n) is 11.2. The molecule has 3 saturated carbocycles. The molecule has 0 aromatic carbocycles. The standard InChI is InChI=1S/C29H48O5S.2C2H6.CH4O/c1-17-28-14-15-35(6)20(8-7-9-24-27(4,5)34-25(32)33-24)19(30)16-21(35)18(28)10-11-22-26(2,3)23(31)12-13-29(17,22)28;3*1-2/h17-24,30-31H,7-16H2,1-6H3;2*1-2H3;2H,1H3/t17-,18-,19+,20-,21?,22?,23-,24-,28-,29?;;;/m0.../s1. The van der Waals surface area contributed by atoms with Gasteiger partial charge < -0.3 is 24.8 Å². The van der Waals surface area contributed by atoms with Crippen molar-refractivity contribution in [2.24, 2.45) is 34.0 Å². The Kier molecular flexibility index (Phi) is 10.6. The predicted molar refractivity (Wildman–Crippen MR) is 171 cm³/mol. The van der Waals surface area contributed by atoms with Crippen LogP contribution in [0.2, 0.25) is 0 Å². The molecule has 0 bridgehead atoms. The number of hydrogen-bond acceptors (Lipinski definition) is 6. The highest BCUT2D eigenvalue weighted by Gasteiger charge is 2.84. The molecule has 3 heterocycles. The summed E-state index contributed by atoms with van der Waals surface area (Å²) in [6.07, 6.45) is 11.4. The van der Waals surface area contributed by atoms with Crippen LogP contribution >= 0.6 is 10.0 Å². The summed E-state index contributed by atoms with van der Waals surface area (Å²) in [5, 5.41) is 30.4. The van der Waals surface area contributed by atoms with Gasteiger partial charge in [-0.1, -0.05) is 48.5 Å². The van der Waals surface area contributed by atoms with Crippen molar-refractivity contribution >= 4 is 16.2 Å². The molecule has 3 aliphatic carbocycles. The summed E-state index contributed by atoms with van der Waals surface area (Å²) in [5.41, 5.74) is 0.352. The molecule has 3 saturated heterocycles. The molecule has 6 rings (SSSR count). The van der Waals surface area contributed by atoms with Crippen LogP contribution in [0.15, 0.2) is 0 Å². The summed E-state index contributed by atoms with van der Waals surface area (Å²) < 4.78 is 10.8. The smallest absolute Gasteiger partial charge is 0.427 e. The number of fused-ring (bicyclic) bond motifs is 2. The zero-order valence-electron chi connectivity index (χ0n) is 28.2. The summed E-state index contributed by atoms with van der Waals surface area (Å²) in [6, 6.07) is 0. The second-order valence-electron chi connectivity index (χ2n) is 14.5. The van der Waals surface area contributed by atoms with Crippen LogP contribution in [-0.4, -0.2) is 75.0 Å². The molecule has 242 valence electrons. The first-order valence-electron chi connectivity index (χ1n) is 16.8. The summed E-state index contributed by atoms with van der Waals surface area (Å²) >= 11 is 0. The van der Waals surface area contributed by atoms with Crippen molar-refractivity contribution in [3.05, 3.63) is 0 Å². The van der Waals surface area contributed by atoms with Gasteiger partial charge >= 0.3 is 6.16 Å². The Morgan fingerprint density at radius 2 is 1.56 bits per heavy atom. The maximum absolute atomic E-state index is 11.6. The normalized spacial score (nSPS) is 49.1. The van der Waals surface area contributed by atoms with E-state index in [1.165, 1.54) is 31.4 Å². The van der Waals surface area contributed by atoms with Crippen molar-refractivity contribution in [3.8, 4) is 0 Å². The van der Waals surface area contributed by atoms with E-state index in [0.29, 0.717) is 27.2 Å². The molecule has 11 atom stereocenters. The van der Waals surface area contributed by atoms with Gasteiger partial charge in [-0.15, -0.1) is 0 Å². The summed E-state index contributed by atoms with van der Waals surface area (Å²) in [7, 11) is 0.105. The monoisotopic (exact) mass is 600 g/mol. The van der Waals surface area contributed by atoms with Crippen LogP contribution in [-0.2, 0) is 9.47 Å². The lowest BCUT2D eigenvalue weighted by atomic mass is 9.51. The zero-order chi connectivity index (χ0) is 31.2. The van der Waals surface area contributed by atoms with Crippen LogP contribution in [0.5, 0.6) is 0 Å². The number of rotatable bonds is 4. The molecule has 0 amide bonds. The molecule has 6 aliphatic rings. The minimum absolute atomic E-state index is 0.0213. The van der Waals surface area contributed by atoms with Gasteiger partial charge in [0.1, 0.15) is 11.7 Å². The third-order valence-electron chi connectivity index (χ3n) is 13.0. The van der Waals surface area contributed by atoms with E-state index < -0.39 is 21.8 Å². The first-order chi connectivity index (χ1) is 19.3. The van der Waals surface area contributed by atoms with E-state index in [1.54, 1.807) is 0 Å². The molecule has 7 heteroatoms. The van der Waals surface area contributed by atoms with Crippen LogP contribution in [0.4, 0.5) is 4.79 Å². The van der Waals surface area contributed by atoms with Crippen LogP contribution in [0.25, 0.3) is 0 Å². The topological polar surface area (TPSA) is 96.2 Å². The minimum Gasteiger partial charge on any atom is -0.427 e. The van der Waals surface area contributed by atoms with Crippen molar-refractivity contribution in [2.75, 3.05) is 19.1 Å². The number of aliphatic hydroxyl groups is 3. The second kappa shape index (κ2) is 12.5. The highest BCUT2D eigenvalue weighted by Crippen LogP contribution is 2.90. The highest BCUT2D eigenvalue weighted by molar-refractivity contribution is 8.34. The van der Waals surface area contributed by atoms with Crippen molar-refractivity contribution < 1.29 is 29.6 Å². The number of cyclic esters (lactones) is 2. The van der Waals surface area contributed by atoms with Gasteiger partial charge in [0.05, 0.1) is 12.2 Å². The third kappa shape index (κ3) is 4.99. The predicted octanol–water partition coefficient (Wildman–Crippen LogP) is 7.30. The maximum Gasteiger partial charge on any atom is 0.509 e. The van der Waals surface area contributed by atoms with Crippen molar-refractivity contribution in [1.29, 1.82) is 0 Å². The first kappa shape index (κ1) is 35.0. The Hall–Kier alpha value is -0.500. The van der Waals surface area contributed by atoms with Crippen LogP contribution in [0, 0.1) is 34.0 Å². The van der Waals surface area contributed by atoms with E-state index in [9.17, 15) is 15.0 Å². The Labute approximate surface area is 253 Å². The Morgan fingerprint density at radius 3 is 2.15 bits per heavy atom. The Balaban J connectivity index is 0.000000725. The van der Waals surface area contributed by atoms with Crippen molar-refractivity contribution in [3.63, 3.8) is 0 Å². The highest BCUT2D eigenvalue weighted by atomic mass is 32.3. The molecule has 41 heavy (non-hydrogen) atoms. The van der Waals surface area contributed by atoms with Crippen LogP contribution in [0.1, 0.15) is 120 Å². The van der Waals surface area contributed by atoms with Crippen molar-refractivity contribution in [2.45, 2.75) is 155 Å². The fourth-order valence-corrected chi connectivity index (χ4v) is 16.3. The lowest BCUT2D eigenvalue weighted by molar-refractivity contribution is -0.106. The van der Waals surface area contributed by atoms with Gasteiger partial charge in [0, 0.05) is 12.4 Å².